The van der Waals surface area contributed by atoms with Crippen molar-refractivity contribution in [3.63, 3.8) is 0 Å². The molecule has 2 amide bonds. The number of hydroxylamine groups is 2. The quantitative estimate of drug-likeness (QED) is 0.0442. The monoisotopic (exact) mass is 659 g/mol. The second kappa shape index (κ2) is 15.4. The predicted molar refractivity (Wildman–Crippen MR) is 173 cm³/mol. The smallest absolute Gasteiger partial charge is 0.276 e. The number of amides is 2. The number of nitrogens with one attached hydrogen (secondary N) is 2. The molecule has 242 valence electrons. The molecule has 1 atom stereocenters. The van der Waals surface area contributed by atoms with Gasteiger partial charge in [-0.2, -0.15) is 9.35 Å². The molecule has 0 spiro atoms. The number of nitrogens with zero attached hydrogens (tertiary/aromatic N) is 4. The van der Waals surface area contributed by atoms with Gasteiger partial charge >= 0.3 is 0 Å². The highest BCUT2D eigenvalue weighted by atomic mass is 32.2. The number of hydrogen-bond donors (Lipinski definition) is 4. The van der Waals surface area contributed by atoms with Gasteiger partial charge in [-0.15, -0.1) is 11.3 Å². The van der Waals surface area contributed by atoms with E-state index in [4.69, 9.17) is 29.5 Å². The van der Waals surface area contributed by atoms with Crippen molar-refractivity contribution in [2.24, 2.45) is 17.9 Å². The zero-order valence-electron chi connectivity index (χ0n) is 25.9. The van der Waals surface area contributed by atoms with Crippen molar-refractivity contribution in [2.75, 3.05) is 44.5 Å². The third-order valence-electron chi connectivity index (χ3n) is 7.05. The van der Waals surface area contributed by atoms with Gasteiger partial charge in [-0.1, -0.05) is 18.1 Å². The number of carbonyl (C=O) groups excluding carboxylic acids is 2. The normalized spacial score (nSPS) is 15.9. The molecular formula is C29H39N8O6S2+. The molecule has 0 saturated carbocycles. The molecule has 1 aliphatic rings. The number of aromatic nitrogens is 2. The Morgan fingerprint density at radius 1 is 1.24 bits per heavy atom. The molecule has 14 nitrogen and oxygen atoms in total. The average molecular weight is 660 g/mol. The van der Waals surface area contributed by atoms with Gasteiger partial charge in [0.25, 0.3) is 17.6 Å². The molecule has 0 radical (unpaired) electrons. The second-order valence-electron chi connectivity index (χ2n) is 10.5. The summed E-state index contributed by atoms with van der Waals surface area (Å²) in [4.78, 5) is 35.5. The minimum Gasteiger partial charge on any atom is -0.490 e. The summed E-state index contributed by atoms with van der Waals surface area (Å²) in [6, 6.07) is 9.28. The molecule has 3 aromatic rings. The van der Waals surface area contributed by atoms with Crippen LogP contribution in [0.15, 0.2) is 47.1 Å². The van der Waals surface area contributed by atoms with Crippen LogP contribution in [0.1, 0.15) is 32.0 Å². The van der Waals surface area contributed by atoms with Gasteiger partial charge in [0.05, 0.1) is 32.4 Å². The van der Waals surface area contributed by atoms with Crippen LogP contribution in [0.25, 0.3) is 11.1 Å². The van der Waals surface area contributed by atoms with Crippen molar-refractivity contribution in [3.8, 4) is 16.9 Å². The highest BCUT2D eigenvalue weighted by molar-refractivity contribution is 7.89. The third kappa shape index (κ3) is 8.01. The van der Waals surface area contributed by atoms with Crippen LogP contribution in [0, 0.1) is 0 Å². The number of thiazole rings is 1. The number of nitrogen functional groups attached to an aromatic ring is 1. The van der Waals surface area contributed by atoms with E-state index < -0.39 is 23.4 Å². The first-order valence-corrected chi connectivity index (χ1v) is 15.8. The number of ether oxygens (including phenoxy) is 1. The largest absolute Gasteiger partial charge is 0.490 e. The lowest BCUT2D eigenvalue weighted by Crippen LogP contribution is -2.76. The first-order chi connectivity index (χ1) is 21.6. The van der Waals surface area contributed by atoms with Crippen LogP contribution in [0.5, 0.6) is 5.75 Å². The molecule has 1 aromatic carbocycles. The summed E-state index contributed by atoms with van der Waals surface area (Å²) in [6.07, 6.45) is 2.83. The van der Waals surface area contributed by atoms with Crippen LogP contribution in [0.2, 0.25) is 0 Å². The second-order valence-corrected chi connectivity index (χ2v) is 12.0. The van der Waals surface area contributed by atoms with Crippen LogP contribution in [0.3, 0.4) is 0 Å². The van der Waals surface area contributed by atoms with Gasteiger partial charge in [0, 0.05) is 23.6 Å². The molecule has 1 aliphatic heterocycles. The number of oxime groups is 1. The summed E-state index contributed by atoms with van der Waals surface area (Å²) in [6.45, 7) is 7.05. The van der Waals surface area contributed by atoms with E-state index in [1.165, 1.54) is 7.11 Å². The topological polar surface area (TPSA) is 180 Å². The van der Waals surface area contributed by atoms with Crippen molar-refractivity contribution in [2.45, 2.75) is 38.8 Å². The van der Waals surface area contributed by atoms with E-state index in [1.807, 2.05) is 29.8 Å². The molecule has 6 N–H and O–H groups in total. The minimum atomic E-state index is -0.865. The van der Waals surface area contributed by atoms with Gasteiger partial charge in [-0.3, -0.25) is 19.1 Å². The van der Waals surface area contributed by atoms with Gasteiger partial charge in [0.2, 0.25) is 0 Å². The molecular weight excluding hydrogens is 621 g/mol. The van der Waals surface area contributed by atoms with E-state index in [9.17, 15) is 9.59 Å². The van der Waals surface area contributed by atoms with Crippen LogP contribution in [0.4, 0.5) is 10.9 Å². The Morgan fingerprint density at radius 3 is 2.67 bits per heavy atom. The van der Waals surface area contributed by atoms with E-state index in [0.717, 1.165) is 51.1 Å². The van der Waals surface area contributed by atoms with Gasteiger partial charge in [-0.25, -0.2) is 9.55 Å². The van der Waals surface area contributed by atoms with Crippen molar-refractivity contribution >= 4 is 52.1 Å². The Morgan fingerprint density at radius 2 is 2.02 bits per heavy atom. The van der Waals surface area contributed by atoms with E-state index in [2.05, 4.69) is 46.0 Å². The zero-order chi connectivity index (χ0) is 32.6. The fraction of sp³-hybridized carbons (Fsp3) is 0.414. The Kier molecular flexibility index (Phi) is 11.6. The number of nitrogens with two attached hydrogens (primary N) is 2. The number of anilines is 2. The summed E-state index contributed by atoms with van der Waals surface area (Å²) < 4.78 is 18.1. The summed E-state index contributed by atoms with van der Waals surface area (Å²) in [7, 11) is 3.40. The number of aryl methyl sites for hydroxylation is 2. The van der Waals surface area contributed by atoms with Crippen LogP contribution in [-0.4, -0.2) is 72.6 Å². The third-order valence-corrected chi connectivity index (χ3v) is 8.07. The van der Waals surface area contributed by atoms with Crippen LogP contribution in [-0.2, 0) is 36.4 Å². The molecule has 2 aromatic heterocycles. The highest BCUT2D eigenvalue weighted by Gasteiger charge is 2.57. The molecule has 1 fully saturated rings. The molecule has 0 bridgehead atoms. The number of rotatable bonds is 16. The van der Waals surface area contributed by atoms with Gasteiger partial charge in [0.1, 0.15) is 24.1 Å². The Balaban J connectivity index is 1.38. The lowest BCUT2D eigenvalue weighted by Gasteiger charge is -2.50. The van der Waals surface area contributed by atoms with Crippen LogP contribution < -0.4 is 31.4 Å². The van der Waals surface area contributed by atoms with Crippen molar-refractivity contribution in [1.29, 1.82) is 0 Å². The number of β-lactam (4-membered cyclic amide) rings is 1. The highest BCUT2D eigenvalue weighted by Crippen LogP contribution is 2.34. The minimum absolute atomic E-state index is 0.0537. The first kappa shape index (κ1) is 33.9. The van der Waals surface area contributed by atoms with Gasteiger partial charge in [0.15, 0.2) is 29.8 Å². The molecule has 3 heterocycles. The molecule has 4 rings (SSSR count). The fourth-order valence-electron chi connectivity index (χ4n) is 4.62. The Bertz CT molecular complexity index is 1530. The van der Waals surface area contributed by atoms with E-state index in [1.54, 1.807) is 19.2 Å². The Labute approximate surface area is 270 Å². The zero-order valence-corrected chi connectivity index (χ0v) is 27.5. The maximum absolute atomic E-state index is 13.2. The summed E-state index contributed by atoms with van der Waals surface area (Å²) in [5, 5.41) is 13.0. The van der Waals surface area contributed by atoms with Gasteiger partial charge < -0.3 is 26.4 Å². The molecule has 45 heavy (non-hydrogen) atoms. The number of pyridine rings is 1. The summed E-state index contributed by atoms with van der Waals surface area (Å²) >= 11 is 1.80. The molecule has 1 saturated heterocycles. The molecule has 1 unspecified atom stereocenters. The number of hydrogen-bond acceptors (Lipinski definition) is 13. The van der Waals surface area contributed by atoms with Crippen molar-refractivity contribution in [3.05, 3.63) is 53.2 Å². The standard InChI is InChI=1S/C29H38N8O6S2/c1-6-18-15-19(20-8-10-23(32-12-11-30)36(4)16-20)7-9-22(18)41-13-14-42-35-24(21-17-44-28(31)33-21)26(38)34-25-27(39)37(29(25,2)3)43-45-40-5/h7-10,15-17,25H,6,11-14,30H2,1-5H3,(H3,31,33,34,38)/p+1/b35-24-. The van der Waals surface area contributed by atoms with Gasteiger partial charge in [-0.05, 0) is 49.6 Å². The van der Waals surface area contributed by atoms with E-state index in [-0.39, 0.29) is 29.8 Å². The lowest BCUT2D eigenvalue weighted by atomic mass is 9.84. The SMILES string of the molecule is CCc1cc(-c2ccc(NCCN)[n+](C)c2)ccc1OCCO/N=C(\C(=O)NC1C(=O)N(OSOC)C1(C)C)c1csc(N)n1. The predicted octanol–water partition coefficient (Wildman–Crippen LogP) is 2.20. The fourth-order valence-corrected chi connectivity index (χ4v) is 5.56. The van der Waals surface area contributed by atoms with Crippen molar-refractivity contribution < 1.29 is 32.2 Å². The lowest BCUT2D eigenvalue weighted by molar-refractivity contribution is -0.656. The number of benzene rings is 1. The Hall–Kier alpha value is -3.96. The van der Waals surface area contributed by atoms with E-state index >= 15 is 0 Å². The average Bonchev–Trinajstić information content (AvgIpc) is 3.46. The summed E-state index contributed by atoms with van der Waals surface area (Å²) in [5.74, 6) is 0.633. The summed E-state index contributed by atoms with van der Waals surface area (Å²) in [5.41, 5.74) is 13.8. The molecule has 16 heteroatoms. The number of carbonyl (C=O) groups is 2. The first-order valence-electron chi connectivity index (χ1n) is 14.2. The van der Waals surface area contributed by atoms with E-state index in [0.29, 0.717) is 25.4 Å². The maximum Gasteiger partial charge on any atom is 0.276 e. The van der Waals surface area contributed by atoms with Crippen LogP contribution >= 0.6 is 23.7 Å². The molecule has 0 aliphatic carbocycles. The maximum atomic E-state index is 13.2. The van der Waals surface area contributed by atoms with Crippen molar-refractivity contribution in [1.82, 2.24) is 15.4 Å².